The molecule has 0 aromatic carbocycles. The van der Waals surface area contributed by atoms with Gasteiger partial charge < -0.3 is 14.2 Å². The minimum absolute atomic E-state index is 0.0778. The second-order valence-corrected chi connectivity index (χ2v) is 20.6. The Bertz CT molecular complexity index is 1200. The summed E-state index contributed by atoms with van der Waals surface area (Å²) < 4.78 is 17.5. The van der Waals surface area contributed by atoms with Gasteiger partial charge in [-0.2, -0.15) is 0 Å². The lowest BCUT2D eigenvalue weighted by Gasteiger charge is -2.18. The first kappa shape index (κ1) is 67.6. The minimum atomic E-state index is -0.545. The highest BCUT2D eigenvalue weighted by atomic mass is 16.6. The van der Waals surface area contributed by atoms with Gasteiger partial charge in [-0.05, 0) is 83.5 Å². The molecule has 0 amide bonds. The van der Waals surface area contributed by atoms with Crippen LogP contribution in [0.5, 0.6) is 0 Å². The number of carbonyl (C=O) groups is 2. The highest BCUT2D eigenvalue weighted by Gasteiger charge is 2.17. The van der Waals surface area contributed by atoms with E-state index in [1.54, 1.807) is 0 Å². The van der Waals surface area contributed by atoms with E-state index in [4.69, 9.17) is 14.2 Å². The Kier molecular flexibility index (Phi) is 58.8. The maximum absolute atomic E-state index is 12.9. The second kappa shape index (κ2) is 60.9. The summed E-state index contributed by atoms with van der Waals surface area (Å²) in [6.45, 7) is 7.74. The van der Waals surface area contributed by atoms with Crippen LogP contribution < -0.4 is 0 Å². The predicted octanol–water partition coefficient (Wildman–Crippen LogP) is 21.2. The fraction of sp³-hybridized carbons (Fsp3) is 0.815. The summed E-state index contributed by atoms with van der Waals surface area (Å²) >= 11 is 0. The van der Waals surface area contributed by atoms with Crippen molar-refractivity contribution < 1.29 is 23.8 Å². The van der Waals surface area contributed by atoms with Gasteiger partial charge in [-0.3, -0.25) is 9.59 Å². The van der Waals surface area contributed by atoms with Crippen molar-refractivity contribution in [1.29, 1.82) is 0 Å². The summed E-state index contributed by atoms with van der Waals surface area (Å²) in [5.41, 5.74) is 0. The molecular formula is C65H118O5. The van der Waals surface area contributed by atoms with Crippen LogP contribution in [-0.2, 0) is 23.8 Å². The predicted molar refractivity (Wildman–Crippen MR) is 307 cm³/mol. The normalized spacial score (nSPS) is 12.6. The van der Waals surface area contributed by atoms with Crippen molar-refractivity contribution in [2.75, 3.05) is 19.8 Å². The Hall–Kier alpha value is -2.40. The molecule has 70 heavy (non-hydrogen) atoms. The number of hydrogen-bond donors (Lipinski definition) is 0. The van der Waals surface area contributed by atoms with Crippen molar-refractivity contribution >= 4 is 11.9 Å². The summed E-state index contributed by atoms with van der Waals surface area (Å²) in [6.07, 6.45) is 78.2. The molecule has 408 valence electrons. The third-order valence-electron chi connectivity index (χ3n) is 13.5. The van der Waals surface area contributed by atoms with E-state index in [2.05, 4.69) is 81.5 Å². The van der Waals surface area contributed by atoms with Crippen molar-refractivity contribution in [3.8, 4) is 0 Å². The third-order valence-corrected chi connectivity index (χ3v) is 13.5. The molecule has 0 aliphatic heterocycles. The van der Waals surface area contributed by atoms with Crippen molar-refractivity contribution in [2.24, 2.45) is 0 Å². The molecule has 1 unspecified atom stereocenters. The number of rotatable bonds is 57. The lowest BCUT2D eigenvalue weighted by atomic mass is 10.0. The van der Waals surface area contributed by atoms with Crippen molar-refractivity contribution in [3.05, 3.63) is 60.8 Å². The second-order valence-electron chi connectivity index (χ2n) is 20.6. The van der Waals surface area contributed by atoms with E-state index < -0.39 is 6.10 Å². The van der Waals surface area contributed by atoms with E-state index in [1.165, 1.54) is 205 Å². The molecule has 5 nitrogen and oxygen atoms in total. The van der Waals surface area contributed by atoms with E-state index >= 15 is 0 Å². The Morgan fingerprint density at radius 1 is 0.329 bits per heavy atom. The number of unbranched alkanes of at least 4 members (excludes halogenated alkanes) is 36. The average Bonchev–Trinajstić information content (AvgIpc) is 3.36. The molecule has 0 aliphatic rings. The smallest absolute Gasteiger partial charge is 0.306 e. The van der Waals surface area contributed by atoms with Crippen LogP contribution in [-0.4, -0.2) is 37.9 Å². The van der Waals surface area contributed by atoms with Gasteiger partial charge in [-0.15, -0.1) is 0 Å². The summed E-state index contributed by atoms with van der Waals surface area (Å²) in [6, 6.07) is 0. The number of carbonyl (C=O) groups excluding carboxylic acids is 2. The molecule has 0 radical (unpaired) electrons. The molecule has 1 atom stereocenters. The van der Waals surface area contributed by atoms with E-state index in [0.717, 1.165) is 77.0 Å². The molecule has 0 saturated carbocycles. The maximum Gasteiger partial charge on any atom is 0.306 e. The van der Waals surface area contributed by atoms with Crippen LogP contribution in [0.1, 0.15) is 316 Å². The van der Waals surface area contributed by atoms with Gasteiger partial charge in [-0.25, -0.2) is 0 Å². The number of allylic oxidation sites excluding steroid dienone is 10. The molecule has 5 heteroatoms. The van der Waals surface area contributed by atoms with E-state index in [9.17, 15) is 9.59 Å². The van der Waals surface area contributed by atoms with Crippen LogP contribution in [0.4, 0.5) is 0 Å². The SMILES string of the molecule is CC/C=C\C/C=C\C/C=C\C/C=C\CCCCCCCCC(=O)OCC(COCCCCCCCC/C=C\CCCCCCCC)OC(=O)CCCCCCCCCCCCCCCCCCCCC. The molecular weight excluding hydrogens is 861 g/mol. The van der Waals surface area contributed by atoms with E-state index in [0.29, 0.717) is 19.4 Å². The van der Waals surface area contributed by atoms with Crippen LogP contribution in [0.3, 0.4) is 0 Å². The first-order valence-corrected chi connectivity index (χ1v) is 30.8. The Morgan fingerprint density at radius 2 is 0.643 bits per heavy atom. The zero-order chi connectivity index (χ0) is 50.6. The van der Waals surface area contributed by atoms with Crippen molar-refractivity contribution in [2.45, 2.75) is 322 Å². The van der Waals surface area contributed by atoms with Gasteiger partial charge in [0.25, 0.3) is 0 Å². The summed E-state index contributed by atoms with van der Waals surface area (Å²) in [4.78, 5) is 25.6. The van der Waals surface area contributed by atoms with Crippen molar-refractivity contribution in [1.82, 2.24) is 0 Å². The summed E-state index contributed by atoms with van der Waals surface area (Å²) in [5, 5.41) is 0. The molecule has 0 saturated heterocycles. The molecule has 0 spiro atoms. The maximum atomic E-state index is 12.9. The van der Waals surface area contributed by atoms with Crippen LogP contribution in [0.15, 0.2) is 60.8 Å². The molecule has 0 aliphatic carbocycles. The standard InChI is InChI=1S/C65H118O5/c1-4-7-10-13-16-19-22-25-28-31-33-35-37-40-43-46-49-52-55-58-64(66)69-62-63(61-68-60-57-54-51-48-45-42-39-30-27-24-21-18-15-12-9-6-3)70-65(67)59-56-53-50-47-44-41-38-36-34-32-29-26-23-20-17-14-11-8-5-2/h7,10,16,19,25,27-28,30,33,35,63H,4-6,8-9,11-15,17-18,20-24,26,29,31-32,34,36-62H2,1-3H3/b10-7-,19-16-,28-25-,30-27-,35-33-. The summed E-state index contributed by atoms with van der Waals surface area (Å²) in [7, 11) is 0. The molecule has 0 aromatic rings. The average molecular weight is 980 g/mol. The van der Waals surface area contributed by atoms with Gasteiger partial charge in [0.2, 0.25) is 0 Å². The number of esters is 2. The Labute approximate surface area is 436 Å². The van der Waals surface area contributed by atoms with Gasteiger partial charge in [-0.1, -0.05) is 281 Å². The van der Waals surface area contributed by atoms with Crippen LogP contribution in [0.25, 0.3) is 0 Å². The monoisotopic (exact) mass is 979 g/mol. The topological polar surface area (TPSA) is 61.8 Å². The highest BCUT2D eigenvalue weighted by Crippen LogP contribution is 2.17. The fourth-order valence-electron chi connectivity index (χ4n) is 8.97. The molecule has 0 fully saturated rings. The summed E-state index contributed by atoms with van der Waals surface area (Å²) in [5.74, 6) is -0.400. The van der Waals surface area contributed by atoms with Crippen molar-refractivity contribution in [3.63, 3.8) is 0 Å². The zero-order valence-corrected chi connectivity index (χ0v) is 47.0. The Morgan fingerprint density at radius 3 is 1.04 bits per heavy atom. The molecule has 0 heterocycles. The Balaban J connectivity index is 4.27. The molecule has 0 rings (SSSR count). The highest BCUT2D eigenvalue weighted by molar-refractivity contribution is 5.70. The number of hydrogen-bond acceptors (Lipinski definition) is 5. The van der Waals surface area contributed by atoms with E-state index in [-0.39, 0.29) is 25.2 Å². The fourth-order valence-corrected chi connectivity index (χ4v) is 8.97. The van der Waals surface area contributed by atoms with Gasteiger partial charge in [0.1, 0.15) is 6.61 Å². The largest absolute Gasteiger partial charge is 0.462 e. The quantitative estimate of drug-likeness (QED) is 0.0345. The first-order chi connectivity index (χ1) is 34.6. The minimum Gasteiger partial charge on any atom is -0.462 e. The number of ether oxygens (including phenoxy) is 3. The van der Waals surface area contributed by atoms with Gasteiger partial charge in [0, 0.05) is 19.4 Å². The molecule has 0 aromatic heterocycles. The van der Waals surface area contributed by atoms with Crippen LogP contribution in [0.2, 0.25) is 0 Å². The lowest BCUT2D eigenvalue weighted by Crippen LogP contribution is -2.30. The van der Waals surface area contributed by atoms with Crippen LogP contribution >= 0.6 is 0 Å². The molecule has 0 N–H and O–H groups in total. The third kappa shape index (κ3) is 58.2. The zero-order valence-electron chi connectivity index (χ0n) is 47.0. The van der Waals surface area contributed by atoms with Gasteiger partial charge in [0.05, 0.1) is 6.61 Å². The molecule has 0 bridgehead atoms. The van der Waals surface area contributed by atoms with Gasteiger partial charge in [0.15, 0.2) is 6.10 Å². The first-order valence-electron chi connectivity index (χ1n) is 30.8. The lowest BCUT2D eigenvalue weighted by molar-refractivity contribution is -0.163. The van der Waals surface area contributed by atoms with Gasteiger partial charge >= 0.3 is 11.9 Å². The van der Waals surface area contributed by atoms with Crippen LogP contribution in [0, 0.1) is 0 Å². The van der Waals surface area contributed by atoms with E-state index in [1.807, 2.05) is 0 Å².